The van der Waals surface area contributed by atoms with E-state index < -0.39 is 10.0 Å². The molecule has 8 heteroatoms. The van der Waals surface area contributed by atoms with E-state index in [1.54, 1.807) is 4.57 Å². The molecule has 1 aromatic rings. The zero-order valence-electron chi connectivity index (χ0n) is 12.2. The Balaban J connectivity index is 2.16. The SMILES string of the molecule is CCn1cc(S(N)(=O)=O)cc1C(=O)NC(C)C1CCCO1. The summed E-state index contributed by atoms with van der Waals surface area (Å²) in [5.74, 6) is -0.324. The maximum absolute atomic E-state index is 12.3. The predicted molar refractivity (Wildman–Crippen MR) is 77.4 cm³/mol. The van der Waals surface area contributed by atoms with Crippen LogP contribution in [0.3, 0.4) is 0 Å². The quantitative estimate of drug-likeness (QED) is 0.823. The molecule has 7 nitrogen and oxygen atoms in total. The summed E-state index contributed by atoms with van der Waals surface area (Å²) in [6.45, 7) is 4.90. The zero-order valence-corrected chi connectivity index (χ0v) is 13.0. The van der Waals surface area contributed by atoms with Gasteiger partial charge in [0.15, 0.2) is 0 Å². The molecule has 1 aliphatic heterocycles. The van der Waals surface area contributed by atoms with Gasteiger partial charge >= 0.3 is 0 Å². The molecule has 3 N–H and O–H groups in total. The van der Waals surface area contributed by atoms with Crippen LogP contribution in [0.15, 0.2) is 17.2 Å². The van der Waals surface area contributed by atoms with Crippen LogP contribution in [-0.2, 0) is 21.3 Å². The molecular weight excluding hydrogens is 294 g/mol. The molecule has 1 aromatic heterocycles. The molecule has 0 aliphatic carbocycles. The fourth-order valence-electron chi connectivity index (χ4n) is 2.46. The molecule has 0 aromatic carbocycles. The summed E-state index contributed by atoms with van der Waals surface area (Å²) in [7, 11) is -3.82. The van der Waals surface area contributed by atoms with E-state index in [1.807, 2.05) is 13.8 Å². The van der Waals surface area contributed by atoms with Crippen molar-refractivity contribution in [3.8, 4) is 0 Å². The number of primary sulfonamides is 1. The summed E-state index contributed by atoms with van der Waals surface area (Å²) in [5, 5.41) is 7.96. The van der Waals surface area contributed by atoms with Gasteiger partial charge in [-0.15, -0.1) is 0 Å². The predicted octanol–water partition coefficient (Wildman–Crippen LogP) is 0.453. The number of rotatable bonds is 5. The van der Waals surface area contributed by atoms with Crippen LogP contribution in [-0.4, -0.2) is 37.6 Å². The molecule has 2 heterocycles. The van der Waals surface area contributed by atoms with Gasteiger partial charge in [0.2, 0.25) is 10.0 Å². The number of carbonyl (C=O) groups excluding carboxylic acids is 1. The lowest BCUT2D eigenvalue weighted by Gasteiger charge is -2.20. The first-order valence-electron chi connectivity index (χ1n) is 6.98. The second-order valence-electron chi connectivity index (χ2n) is 5.21. The molecule has 21 heavy (non-hydrogen) atoms. The Bertz CT molecular complexity index is 617. The van der Waals surface area contributed by atoms with E-state index in [1.165, 1.54) is 12.3 Å². The van der Waals surface area contributed by atoms with E-state index in [0.29, 0.717) is 13.2 Å². The average molecular weight is 315 g/mol. The molecule has 2 unspecified atom stereocenters. The van der Waals surface area contributed by atoms with Crippen molar-refractivity contribution in [2.45, 2.75) is 50.3 Å². The molecule has 0 radical (unpaired) electrons. The van der Waals surface area contributed by atoms with Gasteiger partial charge in [-0.25, -0.2) is 13.6 Å². The minimum absolute atomic E-state index is 0.0108. The van der Waals surface area contributed by atoms with Crippen molar-refractivity contribution in [1.82, 2.24) is 9.88 Å². The van der Waals surface area contributed by atoms with Crippen LogP contribution < -0.4 is 10.5 Å². The Hall–Kier alpha value is -1.38. The van der Waals surface area contributed by atoms with Gasteiger partial charge in [0, 0.05) is 19.3 Å². The van der Waals surface area contributed by atoms with Gasteiger partial charge in [-0.1, -0.05) is 0 Å². The normalized spacial score (nSPS) is 20.4. The lowest BCUT2D eigenvalue weighted by molar-refractivity contribution is 0.0707. The van der Waals surface area contributed by atoms with Crippen LogP contribution in [0, 0.1) is 0 Å². The number of hydrogen-bond acceptors (Lipinski definition) is 4. The third-order valence-corrected chi connectivity index (χ3v) is 4.54. The lowest BCUT2D eigenvalue weighted by Crippen LogP contribution is -2.41. The number of hydrogen-bond donors (Lipinski definition) is 2. The Morgan fingerprint density at radius 1 is 1.62 bits per heavy atom. The molecule has 1 fully saturated rings. The highest BCUT2D eigenvalue weighted by Crippen LogP contribution is 2.17. The highest BCUT2D eigenvalue weighted by atomic mass is 32.2. The second kappa shape index (κ2) is 6.17. The minimum Gasteiger partial charge on any atom is -0.376 e. The van der Waals surface area contributed by atoms with E-state index in [-0.39, 0.29) is 28.6 Å². The van der Waals surface area contributed by atoms with Gasteiger partial charge < -0.3 is 14.6 Å². The van der Waals surface area contributed by atoms with E-state index in [0.717, 1.165) is 12.8 Å². The van der Waals surface area contributed by atoms with Crippen LogP contribution >= 0.6 is 0 Å². The van der Waals surface area contributed by atoms with Crippen molar-refractivity contribution in [2.75, 3.05) is 6.61 Å². The molecular formula is C13H21N3O4S. The van der Waals surface area contributed by atoms with Crippen LogP contribution in [0.4, 0.5) is 0 Å². The molecule has 0 saturated carbocycles. The number of nitrogens with one attached hydrogen (secondary N) is 1. The summed E-state index contributed by atoms with van der Waals surface area (Å²) < 4.78 is 29.9. The maximum atomic E-state index is 12.3. The van der Waals surface area contributed by atoms with Crippen LogP contribution in [0.2, 0.25) is 0 Å². The van der Waals surface area contributed by atoms with Crippen LogP contribution in [0.25, 0.3) is 0 Å². The number of aryl methyl sites for hydroxylation is 1. The van der Waals surface area contributed by atoms with Crippen LogP contribution in [0.5, 0.6) is 0 Å². The van der Waals surface area contributed by atoms with E-state index in [9.17, 15) is 13.2 Å². The van der Waals surface area contributed by atoms with E-state index in [2.05, 4.69) is 5.32 Å². The highest BCUT2D eigenvalue weighted by molar-refractivity contribution is 7.89. The number of carbonyl (C=O) groups is 1. The Morgan fingerprint density at radius 3 is 2.86 bits per heavy atom. The van der Waals surface area contributed by atoms with Crippen molar-refractivity contribution in [3.63, 3.8) is 0 Å². The third-order valence-electron chi connectivity index (χ3n) is 3.65. The summed E-state index contributed by atoms with van der Waals surface area (Å²) in [4.78, 5) is 12.3. The highest BCUT2D eigenvalue weighted by Gasteiger charge is 2.25. The number of nitrogens with zero attached hydrogens (tertiary/aromatic N) is 1. The van der Waals surface area contributed by atoms with Crippen molar-refractivity contribution >= 4 is 15.9 Å². The molecule has 0 spiro atoms. The fourth-order valence-corrected chi connectivity index (χ4v) is 3.01. The van der Waals surface area contributed by atoms with Crippen molar-refractivity contribution in [1.29, 1.82) is 0 Å². The first kappa shape index (κ1) is 16.0. The van der Waals surface area contributed by atoms with Gasteiger partial charge in [0.05, 0.1) is 12.1 Å². The van der Waals surface area contributed by atoms with Gasteiger partial charge in [-0.3, -0.25) is 4.79 Å². The maximum Gasteiger partial charge on any atom is 0.268 e. The molecule has 118 valence electrons. The first-order chi connectivity index (χ1) is 9.82. The number of nitrogens with two attached hydrogens (primary N) is 1. The Kier molecular flexibility index (Phi) is 4.70. The Labute approximate surface area is 124 Å². The smallest absolute Gasteiger partial charge is 0.268 e. The Morgan fingerprint density at radius 2 is 2.33 bits per heavy atom. The van der Waals surface area contributed by atoms with Gasteiger partial charge in [0.25, 0.3) is 5.91 Å². The summed E-state index contributed by atoms with van der Waals surface area (Å²) in [6.07, 6.45) is 3.29. The molecule has 0 bridgehead atoms. The molecule has 2 atom stereocenters. The first-order valence-corrected chi connectivity index (χ1v) is 8.53. The van der Waals surface area contributed by atoms with Crippen LogP contribution in [0.1, 0.15) is 37.2 Å². The zero-order chi connectivity index (χ0) is 15.6. The average Bonchev–Trinajstić information content (AvgIpc) is 3.07. The van der Waals surface area contributed by atoms with Gasteiger partial charge in [-0.05, 0) is 32.8 Å². The molecule has 1 saturated heterocycles. The number of ether oxygens (including phenoxy) is 1. The van der Waals surface area contributed by atoms with E-state index in [4.69, 9.17) is 9.88 Å². The third kappa shape index (κ3) is 3.63. The molecule has 1 aliphatic rings. The van der Waals surface area contributed by atoms with E-state index >= 15 is 0 Å². The summed E-state index contributed by atoms with van der Waals surface area (Å²) in [6, 6.07) is 1.18. The van der Waals surface area contributed by atoms with Crippen molar-refractivity contribution in [3.05, 3.63) is 18.0 Å². The van der Waals surface area contributed by atoms with Gasteiger partial charge in [0.1, 0.15) is 10.6 Å². The number of amides is 1. The molecule has 2 rings (SSSR count). The largest absolute Gasteiger partial charge is 0.376 e. The standard InChI is InChI=1S/C13H21N3O4S/c1-3-16-8-10(21(14,18)19)7-11(16)13(17)15-9(2)12-5-4-6-20-12/h7-9,12H,3-6H2,1-2H3,(H,15,17)(H2,14,18,19). The monoisotopic (exact) mass is 315 g/mol. The minimum atomic E-state index is -3.82. The lowest BCUT2D eigenvalue weighted by atomic mass is 10.1. The van der Waals surface area contributed by atoms with Crippen molar-refractivity contribution < 1.29 is 17.9 Å². The molecule has 1 amide bonds. The second-order valence-corrected chi connectivity index (χ2v) is 6.77. The topological polar surface area (TPSA) is 103 Å². The van der Waals surface area contributed by atoms with Crippen molar-refractivity contribution in [2.24, 2.45) is 5.14 Å². The summed E-state index contributed by atoms with van der Waals surface area (Å²) in [5.41, 5.74) is 0.284. The number of sulfonamides is 1. The fraction of sp³-hybridized carbons (Fsp3) is 0.615. The number of aromatic nitrogens is 1. The van der Waals surface area contributed by atoms with Gasteiger partial charge in [-0.2, -0.15) is 0 Å². The summed E-state index contributed by atoms with van der Waals surface area (Å²) >= 11 is 0.